The van der Waals surface area contributed by atoms with Crippen molar-refractivity contribution >= 4 is 26.0 Å². The van der Waals surface area contributed by atoms with E-state index in [9.17, 15) is 21.6 Å². The molecule has 0 saturated heterocycles. The molecule has 0 radical (unpaired) electrons. The van der Waals surface area contributed by atoms with Crippen LogP contribution < -0.4 is 0 Å². The molecular weight excluding hydrogens is 365 g/mol. The maximum atomic E-state index is 12.5. The van der Waals surface area contributed by atoms with E-state index in [1.54, 1.807) is 0 Å². The van der Waals surface area contributed by atoms with E-state index in [2.05, 4.69) is 26.2 Å². The summed E-state index contributed by atoms with van der Waals surface area (Å²) >= 11 is 2.97. The first-order chi connectivity index (χ1) is 9.14. The second kappa shape index (κ2) is 5.11. The zero-order valence-electron chi connectivity index (χ0n) is 10.2. The topological polar surface area (TPSA) is 68.1 Å². The summed E-state index contributed by atoms with van der Waals surface area (Å²) in [6, 6.07) is 0. The van der Waals surface area contributed by atoms with Crippen LogP contribution in [0.15, 0.2) is 21.3 Å². The molecule has 0 aliphatic carbocycles. The molecule has 0 aromatic carbocycles. The van der Waals surface area contributed by atoms with Gasteiger partial charge >= 0.3 is 6.18 Å². The minimum absolute atomic E-state index is 0.0330. The van der Waals surface area contributed by atoms with Crippen molar-refractivity contribution in [3.63, 3.8) is 0 Å². The van der Waals surface area contributed by atoms with Gasteiger partial charge in [0.1, 0.15) is 0 Å². The van der Waals surface area contributed by atoms with Crippen molar-refractivity contribution in [2.45, 2.75) is 17.6 Å². The van der Waals surface area contributed by atoms with Gasteiger partial charge in [0.2, 0.25) is 5.03 Å². The molecule has 0 fully saturated rings. The third-order valence-corrected chi connectivity index (χ3v) is 5.61. The standard InChI is InChI=1S/C9H10BrF3N4O2S/c1-16-8(7(10)14-15-16)20(18,19)17-4-2-6(3-5-17)9(11,12)13/h2H,3-5H2,1H3. The summed E-state index contributed by atoms with van der Waals surface area (Å²) in [5, 5.41) is 6.93. The summed E-state index contributed by atoms with van der Waals surface area (Å²) < 4.78 is 64.2. The van der Waals surface area contributed by atoms with Crippen molar-refractivity contribution in [3.8, 4) is 0 Å². The summed E-state index contributed by atoms with van der Waals surface area (Å²) in [5.41, 5.74) is -0.703. The third-order valence-electron chi connectivity index (χ3n) is 2.86. The molecule has 0 bridgehead atoms. The van der Waals surface area contributed by atoms with E-state index >= 15 is 0 Å². The lowest BCUT2D eigenvalue weighted by atomic mass is 10.1. The molecule has 0 atom stereocenters. The summed E-state index contributed by atoms with van der Waals surface area (Å²) in [5.74, 6) is 0. The zero-order valence-corrected chi connectivity index (χ0v) is 12.6. The molecule has 0 unspecified atom stereocenters. The molecular formula is C9H10BrF3N4O2S. The van der Waals surface area contributed by atoms with Crippen LogP contribution in [0.5, 0.6) is 0 Å². The van der Waals surface area contributed by atoms with Gasteiger partial charge in [-0.15, -0.1) is 5.10 Å². The minimum Gasteiger partial charge on any atom is -0.235 e. The van der Waals surface area contributed by atoms with Crippen LogP contribution in [-0.2, 0) is 17.1 Å². The Bertz CT molecular complexity index is 633. The molecule has 112 valence electrons. The second-order valence-corrected chi connectivity index (χ2v) is 6.75. The molecule has 0 spiro atoms. The van der Waals surface area contributed by atoms with Crippen LogP contribution in [0.25, 0.3) is 0 Å². The average Bonchev–Trinajstić information content (AvgIpc) is 2.68. The average molecular weight is 375 g/mol. The van der Waals surface area contributed by atoms with Crippen molar-refractivity contribution in [3.05, 3.63) is 16.3 Å². The monoisotopic (exact) mass is 374 g/mol. The van der Waals surface area contributed by atoms with E-state index in [-0.39, 0.29) is 29.1 Å². The van der Waals surface area contributed by atoms with E-state index in [1.165, 1.54) is 7.05 Å². The molecule has 0 N–H and O–H groups in total. The number of alkyl halides is 3. The highest BCUT2D eigenvalue weighted by molar-refractivity contribution is 9.10. The predicted octanol–water partition coefficient (Wildman–Crippen LogP) is 1.46. The maximum absolute atomic E-state index is 12.5. The lowest BCUT2D eigenvalue weighted by Crippen LogP contribution is -2.37. The lowest BCUT2D eigenvalue weighted by Gasteiger charge is -2.26. The quantitative estimate of drug-likeness (QED) is 0.735. The van der Waals surface area contributed by atoms with Gasteiger partial charge in [0, 0.05) is 25.7 Å². The van der Waals surface area contributed by atoms with Crippen LogP contribution >= 0.6 is 15.9 Å². The van der Waals surface area contributed by atoms with Gasteiger partial charge in [-0.3, -0.25) is 0 Å². The molecule has 6 nitrogen and oxygen atoms in total. The van der Waals surface area contributed by atoms with Crippen LogP contribution in [0.2, 0.25) is 0 Å². The first kappa shape index (κ1) is 15.4. The largest absolute Gasteiger partial charge is 0.412 e. The van der Waals surface area contributed by atoms with Crippen molar-refractivity contribution in [2.24, 2.45) is 7.05 Å². The van der Waals surface area contributed by atoms with E-state index in [1.807, 2.05) is 0 Å². The Morgan fingerprint density at radius 1 is 1.40 bits per heavy atom. The van der Waals surface area contributed by atoms with Crippen LogP contribution in [0.4, 0.5) is 13.2 Å². The van der Waals surface area contributed by atoms with Crippen molar-refractivity contribution in [2.75, 3.05) is 13.1 Å². The number of aryl methyl sites for hydroxylation is 1. The molecule has 0 saturated carbocycles. The summed E-state index contributed by atoms with van der Waals surface area (Å²) in [7, 11) is -2.54. The van der Waals surface area contributed by atoms with Gasteiger partial charge < -0.3 is 0 Å². The SMILES string of the molecule is Cn1nnc(Br)c1S(=O)(=O)N1CC=C(C(F)(F)F)CC1. The number of hydrogen-bond donors (Lipinski definition) is 0. The van der Waals surface area contributed by atoms with Crippen molar-refractivity contribution in [1.82, 2.24) is 19.3 Å². The van der Waals surface area contributed by atoms with Crippen molar-refractivity contribution < 1.29 is 21.6 Å². The van der Waals surface area contributed by atoms with E-state index < -0.39 is 21.8 Å². The predicted molar refractivity (Wildman–Crippen MR) is 66.2 cm³/mol. The number of hydrogen-bond acceptors (Lipinski definition) is 4. The fraction of sp³-hybridized carbons (Fsp3) is 0.556. The van der Waals surface area contributed by atoms with Crippen LogP contribution in [0, 0.1) is 0 Å². The Morgan fingerprint density at radius 2 is 2.05 bits per heavy atom. The van der Waals surface area contributed by atoms with Crippen molar-refractivity contribution in [1.29, 1.82) is 0 Å². The molecule has 20 heavy (non-hydrogen) atoms. The normalized spacial score (nSPS) is 18.1. The highest BCUT2D eigenvalue weighted by Crippen LogP contribution is 2.32. The molecule has 1 aliphatic heterocycles. The van der Waals surface area contributed by atoms with Gasteiger partial charge in [0.25, 0.3) is 10.0 Å². The van der Waals surface area contributed by atoms with Gasteiger partial charge in [-0.05, 0) is 22.4 Å². The van der Waals surface area contributed by atoms with Gasteiger partial charge in [-0.2, -0.15) is 17.5 Å². The number of nitrogens with zero attached hydrogens (tertiary/aromatic N) is 4. The smallest absolute Gasteiger partial charge is 0.235 e. The molecule has 1 aromatic heterocycles. The number of sulfonamides is 1. The fourth-order valence-corrected chi connectivity index (χ4v) is 4.26. The molecule has 0 amide bonds. The molecule has 11 heteroatoms. The first-order valence-corrected chi connectivity index (χ1v) is 7.69. The lowest BCUT2D eigenvalue weighted by molar-refractivity contribution is -0.0953. The van der Waals surface area contributed by atoms with Gasteiger partial charge in [0.05, 0.1) is 0 Å². The van der Waals surface area contributed by atoms with E-state index in [4.69, 9.17) is 0 Å². The van der Waals surface area contributed by atoms with Crippen LogP contribution in [-0.4, -0.2) is 47.0 Å². The summed E-state index contributed by atoms with van der Waals surface area (Å²) in [4.78, 5) is 0. The Balaban J connectivity index is 2.29. The second-order valence-electron chi connectivity index (χ2n) is 4.15. The van der Waals surface area contributed by atoms with Gasteiger partial charge in [-0.1, -0.05) is 11.3 Å². The highest BCUT2D eigenvalue weighted by Gasteiger charge is 2.38. The Kier molecular flexibility index (Phi) is 3.95. The number of aromatic nitrogens is 3. The van der Waals surface area contributed by atoms with Crippen LogP contribution in [0.1, 0.15) is 6.42 Å². The Morgan fingerprint density at radius 3 is 2.45 bits per heavy atom. The number of rotatable bonds is 2. The summed E-state index contributed by atoms with van der Waals surface area (Å²) in [6.45, 7) is -0.555. The minimum atomic E-state index is -4.41. The van der Waals surface area contributed by atoms with E-state index in [0.717, 1.165) is 15.1 Å². The zero-order chi connectivity index (χ0) is 15.1. The first-order valence-electron chi connectivity index (χ1n) is 5.45. The molecule has 2 rings (SSSR count). The summed E-state index contributed by atoms with van der Waals surface area (Å²) in [6.07, 6.45) is -3.89. The fourth-order valence-electron chi connectivity index (χ4n) is 1.85. The molecule has 2 heterocycles. The van der Waals surface area contributed by atoms with E-state index in [0.29, 0.717) is 0 Å². The van der Waals surface area contributed by atoms with Crippen LogP contribution in [0.3, 0.4) is 0 Å². The molecule has 1 aromatic rings. The third kappa shape index (κ3) is 2.74. The van der Waals surface area contributed by atoms with Gasteiger partial charge in [-0.25, -0.2) is 13.1 Å². The maximum Gasteiger partial charge on any atom is 0.412 e. The highest BCUT2D eigenvalue weighted by atomic mass is 79.9. The Labute approximate surface area is 121 Å². The Hall–Kier alpha value is -0.940. The number of halogens is 4. The molecule has 1 aliphatic rings. The van der Waals surface area contributed by atoms with Gasteiger partial charge in [0.15, 0.2) is 4.60 Å².